The molecule has 5 nitrogen and oxygen atoms in total. The number of nitrogens with one attached hydrogen (secondary N) is 1. The lowest BCUT2D eigenvalue weighted by molar-refractivity contribution is -0.289. The van der Waals surface area contributed by atoms with E-state index in [1.165, 1.54) is 4.90 Å². The van der Waals surface area contributed by atoms with Crippen molar-refractivity contribution in [1.82, 2.24) is 10.2 Å². The van der Waals surface area contributed by atoms with Crippen molar-refractivity contribution < 1.29 is 36.3 Å². The Hall–Kier alpha value is -3.43. The normalized spacial score (nSPS) is 17.4. The number of halogens is 5. The fourth-order valence-corrected chi connectivity index (χ4v) is 4.13. The van der Waals surface area contributed by atoms with Crippen LogP contribution in [-0.4, -0.2) is 35.5 Å². The molecular weight excluding hydrogens is 447 g/mol. The highest BCUT2D eigenvalue weighted by Crippen LogP contribution is 2.49. The molecule has 2 aromatic rings. The highest BCUT2D eigenvalue weighted by Gasteiger charge is 2.59. The van der Waals surface area contributed by atoms with Gasteiger partial charge >= 0.3 is 12.1 Å². The van der Waals surface area contributed by atoms with Crippen LogP contribution in [0.5, 0.6) is 5.75 Å². The molecule has 0 bridgehead atoms. The lowest BCUT2D eigenvalue weighted by Gasteiger charge is -2.39. The molecule has 0 spiro atoms. The first-order valence-electron chi connectivity index (χ1n) is 9.97. The summed E-state index contributed by atoms with van der Waals surface area (Å²) in [6.45, 7) is 3.29. The van der Waals surface area contributed by atoms with E-state index in [-0.39, 0.29) is 30.1 Å². The number of rotatable bonds is 5. The topological polar surface area (TPSA) is 58.6 Å². The molecule has 2 aliphatic rings. The highest BCUT2D eigenvalue weighted by atomic mass is 19.4. The number of ether oxygens (including phenoxy) is 1. The van der Waals surface area contributed by atoms with Crippen LogP contribution in [0.3, 0.4) is 0 Å². The molecule has 0 radical (unpaired) electrons. The van der Waals surface area contributed by atoms with Gasteiger partial charge in [0.05, 0.1) is 12.2 Å². The van der Waals surface area contributed by atoms with Gasteiger partial charge in [-0.05, 0) is 43.7 Å². The van der Waals surface area contributed by atoms with Crippen LogP contribution in [0.2, 0.25) is 0 Å². The van der Waals surface area contributed by atoms with Crippen molar-refractivity contribution in [2.45, 2.75) is 38.1 Å². The van der Waals surface area contributed by atoms with Crippen molar-refractivity contribution in [1.29, 1.82) is 0 Å². The zero-order valence-electron chi connectivity index (χ0n) is 17.6. The lowest BCUT2D eigenvalue weighted by Crippen LogP contribution is -2.42. The molecular formula is C23H19F5N2O3. The van der Waals surface area contributed by atoms with Crippen LogP contribution in [-0.2, 0) is 17.3 Å². The summed E-state index contributed by atoms with van der Waals surface area (Å²) in [5.74, 6) is -5.49. The SMILES string of the molecule is CC1(C)Oc2ccc(C(F)(F)C(F)(F)F)cc2C(N2Cc3ccccc3C2=O)=C1CNC=O. The van der Waals surface area contributed by atoms with Gasteiger partial charge in [0.15, 0.2) is 0 Å². The van der Waals surface area contributed by atoms with Gasteiger partial charge in [-0.1, -0.05) is 18.2 Å². The minimum Gasteiger partial charge on any atom is -0.483 e. The molecule has 1 N–H and O–H groups in total. The summed E-state index contributed by atoms with van der Waals surface area (Å²) in [6, 6.07) is 9.16. The number of nitrogens with zero attached hydrogens (tertiary/aromatic N) is 1. The number of fused-ring (bicyclic) bond motifs is 2. The first-order valence-corrected chi connectivity index (χ1v) is 9.97. The van der Waals surface area contributed by atoms with E-state index in [1.54, 1.807) is 38.1 Å². The van der Waals surface area contributed by atoms with E-state index in [9.17, 15) is 31.5 Å². The molecule has 174 valence electrons. The minimum atomic E-state index is -5.80. The van der Waals surface area contributed by atoms with Gasteiger partial charge in [0.2, 0.25) is 6.41 Å². The summed E-state index contributed by atoms with van der Waals surface area (Å²) < 4.78 is 73.4. The molecule has 0 saturated heterocycles. The van der Waals surface area contributed by atoms with E-state index in [2.05, 4.69) is 5.32 Å². The summed E-state index contributed by atoms with van der Waals surface area (Å²) in [6.07, 6.45) is -5.38. The second-order valence-corrected chi connectivity index (χ2v) is 8.27. The van der Waals surface area contributed by atoms with Gasteiger partial charge in [-0.15, -0.1) is 0 Å². The molecule has 2 heterocycles. The second-order valence-electron chi connectivity index (χ2n) is 8.27. The Balaban J connectivity index is 1.94. The number of hydrogen-bond acceptors (Lipinski definition) is 3. The van der Waals surface area contributed by atoms with Crippen molar-refractivity contribution in [3.63, 3.8) is 0 Å². The second kappa shape index (κ2) is 7.57. The summed E-state index contributed by atoms with van der Waals surface area (Å²) in [4.78, 5) is 25.5. The fourth-order valence-electron chi connectivity index (χ4n) is 4.13. The summed E-state index contributed by atoms with van der Waals surface area (Å²) in [7, 11) is 0. The van der Waals surface area contributed by atoms with Crippen LogP contribution in [0.4, 0.5) is 22.0 Å². The maximum absolute atomic E-state index is 14.2. The Labute approximate surface area is 185 Å². The first kappa shape index (κ1) is 22.8. The number of benzene rings is 2. The van der Waals surface area contributed by atoms with Gasteiger partial charge < -0.3 is 15.0 Å². The average Bonchev–Trinajstić information content (AvgIpc) is 3.06. The van der Waals surface area contributed by atoms with Gasteiger partial charge in [0.25, 0.3) is 5.91 Å². The van der Waals surface area contributed by atoms with Crippen molar-refractivity contribution >= 4 is 18.0 Å². The van der Waals surface area contributed by atoms with Crippen LogP contribution in [0, 0.1) is 0 Å². The molecule has 0 aliphatic carbocycles. The molecule has 4 rings (SSSR count). The van der Waals surface area contributed by atoms with Gasteiger partial charge in [-0.2, -0.15) is 22.0 Å². The summed E-state index contributed by atoms with van der Waals surface area (Å²) >= 11 is 0. The number of amides is 2. The smallest absolute Gasteiger partial charge is 0.458 e. The Morgan fingerprint density at radius 3 is 2.42 bits per heavy atom. The molecule has 2 amide bonds. The minimum absolute atomic E-state index is 0.0512. The Bertz CT molecular complexity index is 1170. The van der Waals surface area contributed by atoms with E-state index in [1.807, 2.05) is 0 Å². The van der Waals surface area contributed by atoms with Gasteiger partial charge in [0.1, 0.15) is 11.4 Å². The Morgan fingerprint density at radius 2 is 1.79 bits per heavy atom. The third-order valence-corrected chi connectivity index (χ3v) is 5.78. The summed E-state index contributed by atoms with van der Waals surface area (Å²) in [5.41, 5.74) is -0.884. The van der Waals surface area contributed by atoms with Crippen LogP contribution in [0.15, 0.2) is 48.0 Å². The van der Waals surface area contributed by atoms with Gasteiger partial charge in [-0.25, -0.2) is 0 Å². The molecule has 0 fully saturated rings. The monoisotopic (exact) mass is 466 g/mol. The van der Waals surface area contributed by atoms with E-state index in [0.717, 1.165) is 6.07 Å². The largest absolute Gasteiger partial charge is 0.483 e. The van der Waals surface area contributed by atoms with E-state index < -0.39 is 29.2 Å². The standard InChI is InChI=1S/C23H19F5N2O3/c1-21(2)17(10-29-12-31)19(30-11-13-5-3-4-6-15(13)20(30)32)16-9-14(7-8-18(16)33-21)22(24,25)23(26,27)28/h3-9,12H,10-11H2,1-2H3,(H,29,31). The van der Waals surface area contributed by atoms with Crippen LogP contribution >= 0.6 is 0 Å². The third kappa shape index (κ3) is 3.63. The number of hydrogen-bond donors (Lipinski definition) is 1. The molecule has 33 heavy (non-hydrogen) atoms. The van der Waals surface area contributed by atoms with E-state index in [4.69, 9.17) is 4.74 Å². The number of carbonyl (C=O) groups is 2. The maximum atomic E-state index is 14.2. The average molecular weight is 466 g/mol. The van der Waals surface area contributed by atoms with Crippen LogP contribution in [0.1, 0.15) is 40.9 Å². The fraction of sp³-hybridized carbons (Fsp3) is 0.304. The van der Waals surface area contributed by atoms with E-state index in [0.29, 0.717) is 35.2 Å². The van der Waals surface area contributed by atoms with Crippen molar-refractivity contribution in [3.05, 3.63) is 70.3 Å². The zero-order chi connectivity index (χ0) is 24.2. The third-order valence-electron chi connectivity index (χ3n) is 5.78. The summed E-state index contributed by atoms with van der Waals surface area (Å²) in [5, 5.41) is 2.48. The molecule has 0 aromatic heterocycles. The quantitative estimate of drug-likeness (QED) is 0.517. The molecule has 0 unspecified atom stereocenters. The van der Waals surface area contributed by atoms with E-state index >= 15 is 0 Å². The first-order chi connectivity index (χ1) is 15.4. The maximum Gasteiger partial charge on any atom is 0.458 e. The van der Waals surface area contributed by atoms with Crippen molar-refractivity contribution in [2.24, 2.45) is 0 Å². The number of alkyl halides is 5. The molecule has 2 aliphatic heterocycles. The number of carbonyl (C=O) groups excluding carboxylic acids is 2. The van der Waals surface area contributed by atoms with Crippen molar-refractivity contribution in [3.8, 4) is 5.75 Å². The van der Waals surface area contributed by atoms with Crippen LogP contribution < -0.4 is 10.1 Å². The van der Waals surface area contributed by atoms with Gasteiger partial charge in [-0.3, -0.25) is 9.59 Å². The molecule has 0 atom stereocenters. The highest BCUT2D eigenvalue weighted by molar-refractivity contribution is 6.04. The molecule has 10 heteroatoms. The molecule has 2 aromatic carbocycles. The van der Waals surface area contributed by atoms with Crippen molar-refractivity contribution in [2.75, 3.05) is 6.54 Å². The predicted octanol–water partition coefficient (Wildman–Crippen LogP) is 4.62. The van der Waals surface area contributed by atoms with Crippen LogP contribution in [0.25, 0.3) is 5.70 Å². The van der Waals surface area contributed by atoms with Gasteiger partial charge in [0, 0.05) is 28.8 Å². The molecule has 0 saturated carbocycles. The Morgan fingerprint density at radius 1 is 1.09 bits per heavy atom. The Kier molecular flexibility index (Phi) is 5.22. The predicted molar refractivity (Wildman–Crippen MR) is 108 cm³/mol. The zero-order valence-corrected chi connectivity index (χ0v) is 17.6. The lowest BCUT2D eigenvalue weighted by atomic mass is 9.87.